The number of carbonyl (C=O) groups is 1. The number of aromatic nitrogens is 1. The van der Waals surface area contributed by atoms with Crippen molar-refractivity contribution >= 4 is 5.91 Å². The van der Waals surface area contributed by atoms with Crippen LogP contribution >= 0.6 is 0 Å². The highest BCUT2D eigenvalue weighted by atomic mass is 16.5. The van der Waals surface area contributed by atoms with Crippen molar-refractivity contribution in [1.82, 2.24) is 15.2 Å². The van der Waals surface area contributed by atoms with E-state index in [2.05, 4.69) is 10.6 Å². The van der Waals surface area contributed by atoms with Crippen LogP contribution in [0.15, 0.2) is 18.3 Å². The van der Waals surface area contributed by atoms with Gasteiger partial charge in [-0.1, -0.05) is 0 Å². The Labute approximate surface area is 108 Å². The summed E-state index contributed by atoms with van der Waals surface area (Å²) in [5.41, 5.74) is 1.12. The molecular formula is C13H21N3O2. The van der Waals surface area contributed by atoms with Gasteiger partial charge in [0.25, 0.3) is 0 Å². The largest absolute Gasteiger partial charge is 0.381 e. The van der Waals surface area contributed by atoms with Crippen LogP contribution in [0.3, 0.4) is 0 Å². The molecule has 0 saturated carbocycles. The quantitative estimate of drug-likeness (QED) is 0.801. The maximum atomic E-state index is 11.9. The summed E-state index contributed by atoms with van der Waals surface area (Å²) in [5, 5.41) is 6.16. The molecule has 0 bridgehead atoms. The van der Waals surface area contributed by atoms with Crippen molar-refractivity contribution in [3.63, 3.8) is 0 Å². The lowest BCUT2D eigenvalue weighted by Crippen LogP contribution is -2.40. The smallest absolute Gasteiger partial charge is 0.240 e. The topological polar surface area (TPSA) is 55.3 Å². The molecule has 5 nitrogen and oxygen atoms in total. The maximum Gasteiger partial charge on any atom is 0.240 e. The van der Waals surface area contributed by atoms with Crippen molar-refractivity contribution in [2.75, 3.05) is 20.3 Å². The van der Waals surface area contributed by atoms with Crippen LogP contribution in [-0.2, 0) is 22.6 Å². The van der Waals surface area contributed by atoms with Crippen LogP contribution in [0.4, 0.5) is 0 Å². The molecule has 0 unspecified atom stereocenters. The molecule has 1 aromatic rings. The minimum absolute atomic E-state index is 0.0791. The summed E-state index contributed by atoms with van der Waals surface area (Å²) in [5.74, 6) is 0.0791. The Morgan fingerprint density at radius 2 is 2.28 bits per heavy atom. The fraction of sp³-hybridized carbons (Fsp3) is 0.615. The summed E-state index contributed by atoms with van der Waals surface area (Å²) >= 11 is 0. The zero-order chi connectivity index (χ0) is 12.8. The van der Waals surface area contributed by atoms with Crippen LogP contribution in [0.5, 0.6) is 0 Å². The number of ether oxygens (including phenoxy) is 1. The molecule has 1 fully saturated rings. The fourth-order valence-electron chi connectivity index (χ4n) is 2.22. The molecule has 2 N–H and O–H groups in total. The number of carbonyl (C=O) groups excluding carboxylic acids is 1. The zero-order valence-corrected chi connectivity index (χ0v) is 10.8. The molecule has 1 saturated heterocycles. The molecule has 100 valence electrons. The molecule has 0 spiro atoms. The van der Waals surface area contributed by atoms with Crippen molar-refractivity contribution in [2.24, 2.45) is 0 Å². The van der Waals surface area contributed by atoms with E-state index in [0.717, 1.165) is 38.3 Å². The van der Waals surface area contributed by atoms with E-state index >= 15 is 0 Å². The Morgan fingerprint density at radius 3 is 3.00 bits per heavy atom. The van der Waals surface area contributed by atoms with Crippen LogP contribution in [0.1, 0.15) is 18.5 Å². The number of amides is 1. The first kappa shape index (κ1) is 13.1. The first-order valence-corrected chi connectivity index (χ1v) is 6.45. The number of hydrogen-bond acceptors (Lipinski definition) is 3. The summed E-state index contributed by atoms with van der Waals surface area (Å²) in [7, 11) is 1.90. The van der Waals surface area contributed by atoms with Crippen LogP contribution < -0.4 is 10.6 Å². The van der Waals surface area contributed by atoms with E-state index in [-0.39, 0.29) is 11.9 Å². The molecule has 1 aliphatic rings. The Balaban J connectivity index is 1.84. The van der Waals surface area contributed by atoms with Crippen molar-refractivity contribution in [1.29, 1.82) is 0 Å². The van der Waals surface area contributed by atoms with Gasteiger partial charge in [-0.15, -0.1) is 0 Å². The Kier molecular flexibility index (Phi) is 4.78. The average Bonchev–Trinajstić information content (AvgIpc) is 2.78. The fourth-order valence-corrected chi connectivity index (χ4v) is 2.22. The summed E-state index contributed by atoms with van der Waals surface area (Å²) in [6.45, 7) is 2.66. The number of hydrogen-bond donors (Lipinski definition) is 2. The predicted molar refractivity (Wildman–Crippen MR) is 69.2 cm³/mol. The summed E-state index contributed by atoms with van der Waals surface area (Å²) in [6.07, 6.45) is 3.78. The van der Waals surface area contributed by atoms with E-state index in [0.29, 0.717) is 6.54 Å². The van der Waals surface area contributed by atoms with E-state index in [9.17, 15) is 4.79 Å². The normalized spacial score (nSPS) is 16.7. The number of nitrogens with zero attached hydrogens (tertiary/aromatic N) is 1. The maximum absolute atomic E-state index is 11.9. The summed E-state index contributed by atoms with van der Waals surface area (Å²) < 4.78 is 7.25. The van der Waals surface area contributed by atoms with Gasteiger partial charge in [-0.25, -0.2) is 0 Å². The van der Waals surface area contributed by atoms with Gasteiger partial charge in [0.1, 0.15) is 6.54 Å². The Bertz CT molecular complexity index is 383. The number of nitrogens with one attached hydrogen (secondary N) is 2. The first-order chi connectivity index (χ1) is 8.79. The van der Waals surface area contributed by atoms with Gasteiger partial charge in [0.2, 0.25) is 5.91 Å². The minimum Gasteiger partial charge on any atom is -0.381 e. The Hall–Kier alpha value is -1.33. The average molecular weight is 251 g/mol. The molecule has 0 atom stereocenters. The van der Waals surface area contributed by atoms with E-state index < -0.39 is 0 Å². The van der Waals surface area contributed by atoms with E-state index in [1.165, 1.54) is 0 Å². The highest BCUT2D eigenvalue weighted by molar-refractivity contribution is 5.76. The van der Waals surface area contributed by atoms with Gasteiger partial charge in [0, 0.05) is 37.7 Å². The zero-order valence-electron chi connectivity index (χ0n) is 10.8. The first-order valence-electron chi connectivity index (χ1n) is 6.45. The second kappa shape index (κ2) is 6.56. The van der Waals surface area contributed by atoms with Gasteiger partial charge < -0.3 is 19.9 Å². The molecule has 2 rings (SSSR count). The van der Waals surface area contributed by atoms with Crippen LogP contribution in [0, 0.1) is 0 Å². The van der Waals surface area contributed by atoms with Crippen molar-refractivity contribution in [3.8, 4) is 0 Å². The third kappa shape index (κ3) is 3.58. The molecule has 0 aliphatic carbocycles. The summed E-state index contributed by atoms with van der Waals surface area (Å²) in [6, 6.07) is 4.27. The molecule has 0 radical (unpaired) electrons. The lowest BCUT2D eigenvalue weighted by Gasteiger charge is -2.23. The van der Waals surface area contributed by atoms with Crippen molar-refractivity contribution < 1.29 is 9.53 Å². The molecule has 5 heteroatoms. The lowest BCUT2D eigenvalue weighted by atomic mass is 10.1. The van der Waals surface area contributed by atoms with Crippen LogP contribution in [0.25, 0.3) is 0 Å². The van der Waals surface area contributed by atoms with Crippen molar-refractivity contribution in [3.05, 3.63) is 24.0 Å². The summed E-state index contributed by atoms with van der Waals surface area (Å²) in [4.78, 5) is 11.9. The van der Waals surface area contributed by atoms with E-state index in [4.69, 9.17) is 4.74 Å². The molecule has 18 heavy (non-hydrogen) atoms. The number of rotatable bonds is 5. The second-order valence-electron chi connectivity index (χ2n) is 4.61. The van der Waals surface area contributed by atoms with Gasteiger partial charge >= 0.3 is 0 Å². The SMILES string of the molecule is CNCc1cccn1CC(=O)NC1CCOCC1. The van der Waals surface area contributed by atoms with Gasteiger partial charge in [-0.05, 0) is 32.0 Å². The molecule has 0 aromatic carbocycles. The third-order valence-electron chi connectivity index (χ3n) is 3.18. The molecule has 1 amide bonds. The standard InChI is InChI=1S/C13H21N3O2/c1-14-9-12-3-2-6-16(12)10-13(17)15-11-4-7-18-8-5-11/h2-3,6,11,14H,4-5,7-10H2,1H3,(H,15,17). The van der Waals surface area contributed by atoms with Crippen LogP contribution in [0.2, 0.25) is 0 Å². The van der Waals surface area contributed by atoms with E-state index in [1.54, 1.807) is 0 Å². The highest BCUT2D eigenvalue weighted by Gasteiger charge is 2.16. The van der Waals surface area contributed by atoms with Gasteiger partial charge in [0.15, 0.2) is 0 Å². The van der Waals surface area contributed by atoms with Gasteiger partial charge in [-0.3, -0.25) is 4.79 Å². The minimum atomic E-state index is 0.0791. The lowest BCUT2D eigenvalue weighted by molar-refractivity contribution is -0.123. The third-order valence-corrected chi connectivity index (χ3v) is 3.18. The monoisotopic (exact) mass is 251 g/mol. The van der Waals surface area contributed by atoms with Crippen LogP contribution in [-0.4, -0.2) is 36.8 Å². The predicted octanol–water partition coefficient (Wildman–Crippen LogP) is 0.503. The molecule has 1 aromatic heterocycles. The highest BCUT2D eigenvalue weighted by Crippen LogP contribution is 2.07. The molecular weight excluding hydrogens is 230 g/mol. The Morgan fingerprint density at radius 1 is 1.50 bits per heavy atom. The second-order valence-corrected chi connectivity index (χ2v) is 4.61. The molecule has 1 aliphatic heterocycles. The van der Waals surface area contributed by atoms with E-state index in [1.807, 2.05) is 29.9 Å². The van der Waals surface area contributed by atoms with Crippen molar-refractivity contribution in [2.45, 2.75) is 32.0 Å². The van der Waals surface area contributed by atoms with Gasteiger partial charge in [-0.2, -0.15) is 0 Å². The van der Waals surface area contributed by atoms with Gasteiger partial charge in [0.05, 0.1) is 0 Å². The molecule has 2 heterocycles.